The van der Waals surface area contributed by atoms with Crippen LogP contribution < -0.4 is 11.1 Å². The average Bonchev–Trinajstić information content (AvgIpc) is 1.99. The molecule has 13 heavy (non-hydrogen) atoms. The van der Waals surface area contributed by atoms with E-state index in [9.17, 15) is 9.59 Å². The summed E-state index contributed by atoms with van der Waals surface area (Å²) in [5.74, 6) is -2.76. The molecule has 7 nitrogen and oxygen atoms in total. The second-order valence-electron chi connectivity index (χ2n) is 2.73. The van der Waals surface area contributed by atoms with Gasteiger partial charge in [-0.2, -0.15) is 0 Å². The number of rotatable bonds is 5. The number of carboxylic acids is 2. The Kier molecular flexibility index (Phi) is 3.79. The predicted octanol–water partition coefficient (Wildman–Crippen LogP) is -2.22. The van der Waals surface area contributed by atoms with Crippen LogP contribution in [0.2, 0.25) is 0 Å². The highest BCUT2D eigenvalue weighted by Gasteiger charge is 2.32. The molecule has 0 spiro atoms. The highest BCUT2D eigenvalue weighted by molar-refractivity contribution is 5.80. The van der Waals surface area contributed by atoms with Gasteiger partial charge in [-0.15, -0.1) is 0 Å². The predicted molar refractivity (Wildman–Crippen MR) is 41.9 cm³/mol. The molecule has 2 atom stereocenters. The monoisotopic (exact) mass is 192 g/mol. The highest BCUT2D eigenvalue weighted by atomic mass is 16.4. The lowest BCUT2D eigenvalue weighted by atomic mass is 10.2. The quantitative estimate of drug-likeness (QED) is 0.311. The van der Waals surface area contributed by atoms with E-state index in [1.54, 1.807) is 0 Å². The van der Waals surface area contributed by atoms with E-state index < -0.39 is 30.3 Å². The van der Waals surface area contributed by atoms with Crippen molar-refractivity contribution in [2.24, 2.45) is 5.73 Å². The summed E-state index contributed by atoms with van der Waals surface area (Å²) in [4.78, 5) is 20.8. The number of hydrogen-bond acceptors (Lipinski definition) is 5. The normalized spacial score (nSPS) is 17.5. The molecule has 7 heteroatoms. The van der Waals surface area contributed by atoms with E-state index in [1.807, 2.05) is 0 Å². The van der Waals surface area contributed by atoms with Crippen LogP contribution in [0.3, 0.4) is 0 Å². The van der Waals surface area contributed by atoms with Crippen LogP contribution in [0.5, 0.6) is 0 Å². The topological polar surface area (TPSA) is 133 Å². The number of aliphatic hydroxyl groups excluding tert-OH is 1. The van der Waals surface area contributed by atoms with Gasteiger partial charge in [-0.05, 0) is 6.92 Å². The van der Waals surface area contributed by atoms with Gasteiger partial charge in [0.25, 0.3) is 0 Å². The van der Waals surface area contributed by atoms with Crippen LogP contribution in [-0.4, -0.2) is 45.6 Å². The van der Waals surface area contributed by atoms with Gasteiger partial charge >= 0.3 is 11.9 Å². The molecular formula is C6H12N2O5. The van der Waals surface area contributed by atoms with Crippen molar-refractivity contribution in [3.8, 4) is 0 Å². The Morgan fingerprint density at radius 2 is 2.00 bits per heavy atom. The largest absolute Gasteiger partial charge is 0.480 e. The molecule has 0 heterocycles. The summed E-state index contributed by atoms with van der Waals surface area (Å²) in [6.45, 7) is 0.371. The number of nitrogens with two attached hydrogens (primary N) is 1. The Morgan fingerprint density at radius 1 is 1.54 bits per heavy atom. The molecule has 0 saturated carbocycles. The van der Waals surface area contributed by atoms with Crippen molar-refractivity contribution in [1.29, 1.82) is 0 Å². The molecule has 0 aromatic carbocycles. The second kappa shape index (κ2) is 4.17. The molecule has 0 fully saturated rings. The van der Waals surface area contributed by atoms with Crippen molar-refractivity contribution in [2.75, 3.05) is 6.61 Å². The first kappa shape index (κ1) is 11.8. The van der Waals surface area contributed by atoms with Crippen molar-refractivity contribution in [2.45, 2.75) is 18.6 Å². The molecule has 0 rings (SSSR count). The van der Waals surface area contributed by atoms with Crippen LogP contribution in [0, 0.1) is 0 Å². The molecule has 0 unspecified atom stereocenters. The maximum Gasteiger partial charge on any atom is 0.338 e. The lowest BCUT2D eigenvalue weighted by Gasteiger charge is -2.24. The smallest absolute Gasteiger partial charge is 0.338 e. The third kappa shape index (κ3) is 3.36. The van der Waals surface area contributed by atoms with Gasteiger partial charge in [0.2, 0.25) is 0 Å². The zero-order valence-corrected chi connectivity index (χ0v) is 7.02. The lowest BCUT2D eigenvalue weighted by Crippen LogP contribution is -2.62. The van der Waals surface area contributed by atoms with E-state index in [2.05, 4.69) is 5.32 Å². The molecule has 0 aromatic rings. The molecule has 0 aliphatic heterocycles. The van der Waals surface area contributed by atoms with Crippen molar-refractivity contribution in [3.63, 3.8) is 0 Å². The molecule has 0 bridgehead atoms. The third-order valence-electron chi connectivity index (χ3n) is 1.40. The maximum absolute atomic E-state index is 10.4. The number of hydrogen-bond donors (Lipinski definition) is 5. The number of carbonyl (C=O) groups is 2. The highest BCUT2D eigenvalue weighted by Crippen LogP contribution is 1.96. The van der Waals surface area contributed by atoms with E-state index in [0.717, 1.165) is 6.92 Å². The molecule has 0 amide bonds. The van der Waals surface area contributed by atoms with E-state index in [1.165, 1.54) is 0 Å². The number of aliphatic hydroxyl groups is 1. The molecule has 76 valence electrons. The second-order valence-corrected chi connectivity index (χ2v) is 2.73. The van der Waals surface area contributed by atoms with Gasteiger partial charge in [-0.3, -0.25) is 10.1 Å². The fourth-order valence-electron chi connectivity index (χ4n) is 0.609. The van der Waals surface area contributed by atoms with E-state index in [-0.39, 0.29) is 0 Å². The summed E-state index contributed by atoms with van der Waals surface area (Å²) in [5, 5.41) is 27.6. The van der Waals surface area contributed by atoms with E-state index in [4.69, 9.17) is 21.1 Å². The van der Waals surface area contributed by atoms with Crippen molar-refractivity contribution < 1.29 is 24.9 Å². The Balaban J connectivity index is 4.39. The SMILES string of the molecule is C[C@@](N)(N[C@@H](CO)C(=O)O)C(=O)O. The van der Waals surface area contributed by atoms with Crippen LogP contribution >= 0.6 is 0 Å². The summed E-state index contributed by atoms with van der Waals surface area (Å²) in [7, 11) is 0. The summed E-state index contributed by atoms with van der Waals surface area (Å²) >= 11 is 0. The molecule has 0 saturated heterocycles. The van der Waals surface area contributed by atoms with Crippen molar-refractivity contribution >= 4 is 11.9 Å². The summed E-state index contributed by atoms with van der Waals surface area (Å²) in [6, 6.07) is -1.38. The number of aliphatic carboxylic acids is 2. The summed E-state index contributed by atoms with van der Waals surface area (Å²) in [6.07, 6.45) is 0. The first-order chi connectivity index (χ1) is 5.81. The third-order valence-corrected chi connectivity index (χ3v) is 1.40. The molecule has 0 aromatic heterocycles. The first-order valence-electron chi connectivity index (χ1n) is 3.45. The van der Waals surface area contributed by atoms with Gasteiger partial charge in [0.1, 0.15) is 6.04 Å². The number of nitrogens with one attached hydrogen (secondary N) is 1. The van der Waals surface area contributed by atoms with Gasteiger partial charge in [-0.1, -0.05) is 0 Å². The van der Waals surface area contributed by atoms with Crippen molar-refractivity contribution in [1.82, 2.24) is 5.32 Å². The standard InChI is InChI=1S/C6H12N2O5/c1-6(7,5(12)13)8-3(2-9)4(10)11/h3,8-9H,2,7H2,1H3,(H,10,11)(H,12,13)/t3-,6+/m0/s1. The summed E-state index contributed by atoms with van der Waals surface area (Å²) in [5.41, 5.74) is 3.32. The van der Waals surface area contributed by atoms with E-state index in [0.29, 0.717) is 0 Å². The van der Waals surface area contributed by atoms with Crippen LogP contribution in [0.15, 0.2) is 0 Å². The molecule has 0 aliphatic carbocycles. The van der Waals surface area contributed by atoms with Gasteiger partial charge < -0.3 is 21.1 Å². The van der Waals surface area contributed by atoms with Crippen LogP contribution in [0.1, 0.15) is 6.92 Å². The first-order valence-corrected chi connectivity index (χ1v) is 3.45. The van der Waals surface area contributed by atoms with Crippen LogP contribution in [0.25, 0.3) is 0 Å². The molecule has 6 N–H and O–H groups in total. The molecule has 0 radical (unpaired) electrons. The van der Waals surface area contributed by atoms with Gasteiger partial charge in [-0.25, -0.2) is 4.79 Å². The van der Waals surface area contributed by atoms with Crippen molar-refractivity contribution in [3.05, 3.63) is 0 Å². The zero-order valence-electron chi connectivity index (χ0n) is 7.02. The lowest BCUT2D eigenvalue weighted by molar-refractivity contribution is -0.147. The minimum atomic E-state index is -1.87. The van der Waals surface area contributed by atoms with Gasteiger partial charge in [0.05, 0.1) is 6.61 Å². The fourth-order valence-corrected chi connectivity index (χ4v) is 0.609. The molecular weight excluding hydrogens is 180 g/mol. The Morgan fingerprint density at radius 3 is 2.23 bits per heavy atom. The van der Waals surface area contributed by atoms with E-state index >= 15 is 0 Å². The zero-order chi connectivity index (χ0) is 10.6. The Hall–Kier alpha value is -1.18. The fraction of sp³-hybridized carbons (Fsp3) is 0.667. The van der Waals surface area contributed by atoms with Gasteiger partial charge in [0, 0.05) is 0 Å². The van der Waals surface area contributed by atoms with Crippen LogP contribution in [0.4, 0.5) is 0 Å². The molecule has 0 aliphatic rings. The van der Waals surface area contributed by atoms with Gasteiger partial charge in [0.15, 0.2) is 5.66 Å². The minimum Gasteiger partial charge on any atom is -0.480 e. The Bertz CT molecular complexity index is 215. The minimum absolute atomic E-state index is 0.727. The summed E-state index contributed by atoms with van der Waals surface area (Å²) < 4.78 is 0. The Labute approximate surface area is 74.2 Å². The van der Waals surface area contributed by atoms with Crippen LogP contribution in [-0.2, 0) is 9.59 Å². The average molecular weight is 192 g/mol. The number of carboxylic acid groups (broad SMARTS) is 2. The maximum atomic E-state index is 10.4.